The maximum absolute atomic E-state index is 6.45. The van der Waals surface area contributed by atoms with Crippen molar-refractivity contribution >= 4 is 80.6 Å². The summed E-state index contributed by atoms with van der Waals surface area (Å²) >= 11 is 1.83. The predicted octanol–water partition coefficient (Wildman–Crippen LogP) is 9.89. The summed E-state index contributed by atoms with van der Waals surface area (Å²) in [5.74, 6) is 2.06. The number of rotatable bonds is 3. The van der Waals surface area contributed by atoms with Crippen LogP contribution < -0.4 is 4.74 Å². The number of hydrogen-bond acceptors (Lipinski definition) is 4. The van der Waals surface area contributed by atoms with Crippen LogP contribution in [0.3, 0.4) is 0 Å². The third-order valence-electron chi connectivity index (χ3n) is 8.48. The zero-order chi connectivity index (χ0) is 28.8. The SMILES string of the molecule is [Pd+2].[c-]1c(Oc2[c-]c3c(cc2)c2ccccc2n3-c2ccccn2)ccc2c1c1nccn1c1cc3c(cc21)sc1ccccc13. The summed E-state index contributed by atoms with van der Waals surface area (Å²) in [6, 6.07) is 42.8. The molecule has 5 aromatic heterocycles. The third-order valence-corrected chi connectivity index (χ3v) is 9.62. The molecule has 7 heteroatoms. The van der Waals surface area contributed by atoms with Crippen molar-refractivity contribution < 1.29 is 25.2 Å². The van der Waals surface area contributed by atoms with E-state index in [4.69, 9.17) is 9.72 Å². The van der Waals surface area contributed by atoms with Crippen molar-refractivity contribution in [2.75, 3.05) is 0 Å². The molecule has 10 rings (SSSR count). The molecule has 10 aromatic rings. The Balaban J connectivity index is 0.00000281. The number of pyridine rings is 2. The van der Waals surface area contributed by atoms with Gasteiger partial charge < -0.3 is 13.7 Å². The van der Waals surface area contributed by atoms with Gasteiger partial charge in [0, 0.05) is 61.3 Å². The standard InChI is InChI=1S/C38H20N4OS.Pd/c1-3-9-32-26(7-1)27-15-13-24(20-34(27)42(32)37-11-5-6-16-39-37)43-23-12-14-25-29-22-36-30(28-8-2-4-10-35(28)44-36)21-33(29)41-18-17-40-38(41)31(25)19-23;/h1-18,21-22H;/q-2;+2. The van der Waals surface area contributed by atoms with Crippen molar-refractivity contribution in [3.05, 3.63) is 134 Å². The van der Waals surface area contributed by atoms with Crippen LogP contribution in [0.25, 0.3) is 75.1 Å². The van der Waals surface area contributed by atoms with Crippen LogP contribution in [0.15, 0.2) is 122 Å². The average Bonchev–Trinajstić information content (AvgIpc) is 3.78. The number of imidazole rings is 1. The number of ether oxygens (including phenoxy) is 1. The molecule has 0 radical (unpaired) electrons. The van der Waals surface area contributed by atoms with Gasteiger partial charge in [0.1, 0.15) is 5.82 Å². The van der Waals surface area contributed by atoms with Crippen molar-refractivity contribution in [2.45, 2.75) is 0 Å². The molecule has 0 N–H and O–H groups in total. The van der Waals surface area contributed by atoms with Gasteiger partial charge in [-0.05, 0) is 47.2 Å². The van der Waals surface area contributed by atoms with Gasteiger partial charge in [0.2, 0.25) is 0 Å². The molecule has 0 atom stereocenters. The number of thiophene rings is 1. The van der Waals surface area contributed by atoms with E-state index in [9.17, 15) is 0 Å². The van der Waals surface area contributed by atoms with E-state index in [1.165, 1.54) is 25.6 Å². The molecule has 45 heavy (non-hydrogen) atoms. The van der Waals surface area contributed by atoms with Crippen LogP contribution in [0.2, 0.25) is 0 Å². The summed E-state index contributed by atoms with van der Waals surface area (Å²) in [4.78, 5) is 9.38. The van der Waals surface area contributed by atoms with Crippen LogP contribution in [0.4, 0.5) is 0 Å². The molecular weight excluding hydrogens is 667 g/mol. The number of benzene rings is 5. The molecule has 0 unspecified atom stereocenters. The van der Waals surface area contributed by atoms with E-state index in [1.807, 2.05) is 66.3 Å². The van der Waals surface area contributed by atoms with Crippen molar-refractivity contribution in [3.8, 4) is 17.3 Å². The molecule has 5 heterocycles. The van der Waals surface area contributed by atoms with Crippen LogP contribution in [0.5, 0.6) is 11.5 Å². The summed E-state index contributed by atoms with van der Waals surface area (Å²) in [6.45, 7) is 0. The first-order valence-electron chi connectivity index (χ1n) is 14.4. The Kier molecular flexibility index (Phi) is 5.85. The zero-order valence-electron chi connectivity index (χ0n) is 23.5. The van der Waals surface area contributed by atoms with E-state index in [1.54, 1.807) is 0 Å². The minimum Gasteiger partial charge on any atom is -0.503 e. The minimum absolute atomic E-state index is 0. The number of nitrogens with zero attached hydrogens (tertiary/aromatic N) is 4. The third kappa shape index (κ3) is 3.89. The molecule has 5 aromatic carbocycles. The summed E-state index contributed by atoms with van der Waals surface area (Å²) in [6.07, 6.45) is 5.69. The van der Waals surface area contributed by atoms with Crippen LogP contribution in [0, 0.1) is 12.1 Å². The summed E-state index contributed by atoms with van der Waals surface area (Å²) < 4.78 is 13.3. The van der Waals surface area contributed by atoms with E-state index in [0.29, 0.717) is 11.5 Å². The number of para-hydroxylation sites is 1. The molecule has 0 amide bonds. The number of hydrogen-bond donors (Lipinski definition) is 0. The molecule has 5 nitrogen and oxygen atoms in total. The van der Waals surface area contributed by atoms with Gasteiger partial charge in [-0.1, -0.05) is 64.8 Å². The number of aromatic nitrogens is 4. The Labute approximate surface area is 274 Å². The van der Waals surface area contributed by atoms with Crippen LogP contribution in [-0.2, 0) is 20.4 Å². The van der Waals surface area contributed by atoms with Crippen molar-refractivity contribution in [3.63, 3.8) is 0 Å². The molecule has 0 aliphatic heterocycles. The van der Waals surface area contributed by atoms with Gasteiger partial charge in [-0.25, -0.2) is 4.98 Å². The average molecular weight is 687 g/mol. The van der Waals surface area contributed by atoms with Gasteiger partial charge in [-0.3, -0.25) is 4.98 Å². The second-order valence-corrected chi connectivity index (χ2v) is 12.0. The largest absolute Gasteiger partial charge is 2.00 e. The van der Waals surface area contributed by atoms with E-state index in [2.05, 4.69) is 92.8 Å². The second-order valence-electron chi connectivity index (χ2n) is 10.9. The van der Waals surface area contributed by atoms with E-state index in [-0.39, 0.29) is 20.4 Å². The molecule has 0 saturated heterocycles. The van der Waals surface area contributed by atoms with Gasteiger partial charge in [0.05, 0.1) is 5.65 Å². The van der Waals surface area contributed by atoms with E-state index >= 15 is 0 Å². The molecule has 0 saturated carbocycles. The maximum atomic E-state index is 6.45. The second kappa shape index (κ2) is 9.98. The maximum Gasteiger partial charge on any atom is 2.00 e. The minimum atomic E-state index is 0. The van der Waals surface area contributed by atoms with Crippen molar-refractivity contribution in [2.24, 2.45) is 0 Å². The number of fused-ring (bicyclic) bond motifs is 12. The van der Waals surface area contributed by atoms with E-state index in [0.717, 1.165) is 49.6 Å². The van der Waals surface area contributed by atoms with Crippen LogP contribution in [-0.4, -0.2) is 18.9 Å². The Morgan fingerprint density at radius 3 is 2.29 bits per heavy atom. The monoisotopic (exact) mass is 686 g/mol. The normalized spacial score (nSPS) is 11.8. The fourth-order valence-corrected chi connectivity index (χ4v) is 7.70. The van der Waals surface area contributed by atoms with Crippen molar-refractivity contribution in [1.82, 2.24) is 18.9 Å². The molecular formula is C38H20N4OPdS. The zero-order valence-corrected chi connectivity index (χ0v) is 25.8. The van der Waals surface area contributed by atoms with Crippen LogP contribution in [0.1, 0.15) is 0 Å². The molecule has 0 spiro atoms. The summed E-state index contributed by atoms with van der Waals surface area (Å²) in [5.41, 5.74) is 3.97. The summed E-state index contributed by atoms with van der Waals surface area (Å²) in [7, 11) is 0. The van der Waals surface area contributed by atoms with Gasteiger partial charge in [0.25, 0.3) is 0 Å². The van der Waals surface area contributed by atoms with Gasteiger partial charge >= 0.3 is 20.4 Å². The fraction of sp³-hybridized carbons (Fsp3) is 0. The summed E-state index contributed by atoms with van der Waals surface area (Å²) in [5, 5.41) is 7.98. The molecule has 0 aliphatic carbocycles. The smallest absolute Gasteiger partial charge is 0.503 e. The molecule has 0 fully saturated rings. The van der Waals surface area contributed by atoms with Gasteiger partial charge in [-0.2, -0.15) is 6.07 Å². The fourth-order valence-electron chi connectivity index (χ4n) is 6.57. The molecule has 214 valence electrons. The quantitative estimate of drug-likeness (QED) is 0.106. The van der Waals surface area contributed by atoms with Crippen LogP contribution >= 0.6 is 11.3 Å². The van der Waals surface area contributed by atoms with Crippen molar-refractivity contribution in [1.29, 1.82) is 0 Å². The first-order chi connectivity index (χ1) is 21.8. The Hall–Kier alpha value is -5.06. The Morgan fingerprint density at radius 2 is 1.40 bits per heavy atom. The first-order valence-corrected chi connectivity index (χ1v) is 15.2. The van der Waals surface area contributed by atoms with Gasteiger partial charge in [-0.15, -0.1) is 41.0 Å². The Bertz CT molecular complexity index is 2760. The predicted molar refractivity (Wildman–Crippen MR) is 179 cm³/mol. The van der Waals surface area contributed by atoms with E-state index < -0.39 is 0 Å². The molecule has 0 bridgehead atoms. The Morgan fingerprint density at radius 1 is 0.600 bits per heavy atom. The first kappa shape index (κ1) is 26.4. The molecule has 0 aliphatic rings. The van der Waals surface area contributed by atoms with Gasteiger partial charge in [0.15, 0.2) is 0 Å². The topological polar surface area (TPSA) is 44.3 Å².